The van der Waals surface area contributed by atoms with Crippen molar-refractivity contribution >= 4 is 0 Å². The number of hydrogen-bond acceptors (Lipinski definition) is 3. The molecule has 1 saturated heterocycles. The van der Waals surface area contributed by atoms with Crippen LogP contribution in [-0.2, 0) is 0 Å². The normalized spacial score (nSPS) is 19.0. The molecule has 1 aliphatic heterocycles. The molecule has 0 spiro atoms. The van der Waals surface area contributed by atoms with Crippen molar-refractivity contribution in [2.45, 2.75) is 64.8 Å². The molecular weight excluding hydrogens is 414 g/mol. The van der Waals surface area contributed by atoms with Crippen molar-refractivity contribution in [1.82, 2.24) is 15.1 Å². The molecule has 0 radical (unpaired) electrons. The van der Waals surface area contributed by atoms with Gasteiger partial charge >= 0.3 is 0 Å². The fourth-order valence-corrected chi connectivity index (χ4v) is 5.36. The lowest BCUT2D eigenvalue weighted by Gasteiger charge is -2.41. The summed E-state index contributed by atoms with van der Waals surface area (Å²) in [7, 11) is 0. The van der Waals surface area contributed by atoms with E-state index in [0.29, 0.717) is 6.04 Å². The maximum absolute atomic E-state index is 4.43. The van der Waals surface area contributed by atoms with Gasteiger partial charge in [0.05, 0.1) is 6.04 Å². The van der Waals surface area contributed by atoms with Gasteiger partial charge in [-0.25, -0.2) is 0 Å². The fourth-order valence-electron chi connectivity index (χ4n) is 5.36. The summed E-state index contributed by atoms with van der Waals surface area (Å²) in [5.41, 5.74) is 4.09. The Kier molecular flexibility index (Phi) is 13.7. The molecule has 1 N–H and O–H groups in total. The Balaban J connectivity index is 0.00000199. The third kappa shape index (κ3) is 8.92. The van der Waals surface area contributed by atoms with Crippen LogP contribution in [0.15, 0.2) is 79.6 Å². The van der Waals surface area contributed by atoms with Crippen molar-refractivity contribution in [2.24, 2.45) is 5.92 Å². The van der Waals surface area contributed by atoms with Crippen LogP contribution in [0.1, 0.15) is 70.4 Å². The molecular formula is C31H49N3. The van der Waals surface area contributed by atoms with E-state index in [0.717, 1.165) is 45.1 Å². The number of allylic oxidation sites excluding steroid dienone is 3. The van der Waals surface area contributed by atoms with Gasteiger partial charge in [0.15, 0.2) is 0 Å². The van der Waals surface area contributed by atoms with E-state index in [1.807, 2.05) is 0 Å². The summed E-state index contributed by atoms with van der Waals surface area (Å²) >= 11 is 0. The van der Waals surface area contributed by atoms with Crippen LogP contribution in [0.3, 0.4) is 0 Å². The zero-order valence-electron chi connectivity index (χ0n) is 22.0. The Bertz CT molecular complexity index is 737. The molecule has 2 fully saturated rings. The SMILES string of the molecule is C=C.C=C(CCCNCC1CCCCC1)N1CCN(C(C(/C=C\C)=C/C)c2ccccc2)CC1. The minimum atomic E-state index is 0.330. The lowest BCUT2D eigenvalue weighted by Crippen LogP contribution is -2.47. The molecule has 1 atom stereocenters. The lowest BCUT2D eigenvalue weighted by molar-refractivity contribution is 0.128. The van der Waals surface area contributed by atoms with Crippen molar-refractivity contribution in [3.8, 4) is 0 Å². The van der Waals surface area contributed by atoms with E-state index in [9.17, 15) is 0 Å². The molecule has 3 rings (SSSR count). The zero-order valence-corrected chi connectivity index (χ0v) is 22.0. The van der Waals surface area contributed by atoms with Crippen molar-refractivity contribution in [2.75, 3.05) is 39.3 Å². The van der Waals surface area contributed by atoms with Crippen LogP contribution in [-0.4, -0.2) is 49.1 Å². The minimum Gasteiger partial charge on any atom is -0.373 e. The number of hydrogen-bond donors (Lipinski definition) is 1. The van der Waals surface area contributed by atoms with Gasteiger partial charge in [-0.05, 0) is 69.7 Å². The molecule has 188 valence electrons. The average Bonchev–Trinajstić information content (AvgIpc) is 2.91. The van der Waals surface area contributed by atoms with Crippen molar-refractivity contribution < 1.29 is 0 Å². The number of nitrogens with one attached hydrogen (secondary N) is 1. The van der Waals surface area contributed by atoms with Crippen LogP contribution in [0.4, 0.5) is 0 Å². The van der Waals surface area contributed by atoms with Gasteiger partial charge in [0.25, 0.3) is 0 Å². The topological polar surface area (TPSA) is 18.5 Å². The van der Waals surface area contributed by atoms with Gasteiger partial charge in [-0.3, -0.25) is 4.90 Å². The Morgan fingerprint density at radius 3 is 2.32 bits per heavy atom. The van der Waals surface area contributed by atoms with Gasteiger partial charge in [-0.2, -0.15) is 0 Å². The molecule has 1 aromatic rings. The quantitative estimate of drug-likeness (QED) is 0.214. The molecule has 2 aliphatic rings. The van der Waals surface area contributed by atoms with Crippen molar-refractivity contribution in [1.29, 1.82) is 0 Å². The monoisotopic (exact) mass is 463 g/mol. The Hall–Kier alpha value is -2.10. The first kappa shape index (κ1) is 28.1. The highest BCUT2D eigenvalue weighted by Gasteiger charge is 2.27. The van der Waals surface area contributed by atoms with Crippen molar-refractivity contribution in [3.05, 3.63) is 85.1 Å². The number of nitrogens with zero attached hydrogens (tertiary/aromatic N) is 2. The zero-order chi connectivity index (χ0) is 24.6. The molecule has 0 aromatic heterocycles. The molecule has 34 heavy (non-hydrogen) atoms. The van der Waals surface area contributed by atoms with E-state index in [4.69, 9.17) is 0 Å². The summed E-state index contributed by atoms with van der Waals surface area (Å²) < 4.78 is 0. The largest absolute Gasteiger partial charge is 0.373 e. The predicted molar refractivity (Wildman–Crippen MR) is 150 cm³/mol. The molecule has 1 aromatic carbocycles. The Morgan fingerprint density at radius 1 is 1.03 bits per heavy atom. The first-order valence-corrected chi connectivity index (χ1v) is 13.4. The second kappa shape index (κ2) is 16.5. The highest BCUT2D eigenvalue weighted by atomic mass is 15.3. The summed E-state index contributed by atoms with van der Waals surface area (Å²) in [6.45, 7) is 21.3. The van der Waals surface area contributed by atoms with Crippen LogP contribution in [0.2, 0.25) is 0 Å². The maximum Gasteiger partial charge on any atom is 0.0599 e. The van der Waals surface area contributed by atoms with Gasteiger partial charge < -0.3 is 10.2 Å². The van der Waals surface area contributed by atoms with E-state index < -0.39 is 0 Å². The molecule has 1 saturated carbocycles. The fraction of sp³-hybridized carbons (Fsp3) is 0.548. The lowest BCUT2D eigenvalue weighted by atomic mass is 9.89. The second-order valence-electron chi connectivity index (χ2n) is 9.50. The molecule has 0 amide bonds. The maximum atomic E-state index is 4.43. The van der Waals surface area contributed by atoms with Gasteiger partial charge in [0.1, 0.15) is 0 Å². The summed E-state index contributed by atoms with van der Waals surface area (Å²) in [6.07, 6.45) is 16.2. The minimum absolute atomic E-state index is 0.330. The van der Waals surface area contributed by atoms with Crippen LogP contribution in [0.5, 0.6) is 0 Å². The summed E-state index contributed by atoms with van der Waals surface area (Å²) in [5.74, 6) is 0.919. The highest BCUT2D eigenvalue weighted by Crippen LogP contribution is 2.31. The summed E-state index contributed by atoms with van der Waals surface area (Å²) in [4.78, 5) is 5.16. The van der Waals surface area contributed by atoms with E-state index >= 15 is 0 Å². The third-order valence-corrected chi connectivity index (χ3v) is 7.23. The van der Waals surface area contributed by atoms with Crippen LogP contribution in [0.25, 0.3) is 0 Å². The first-order chi connectivity index (χ1) is 16.7. The summed E-state index contributed by atoms with van der Waals surface area (Å²) in [6, 6.07) is 11.3. The van der Waals surface area contributed by atoms with Crippen molar-refractivity contribution in [3.63, 3.8) is 0 Å². The third-order valence-electron chi connectivity index (χ3n) is 7.23. The molecule has 3 heteroatoms. The molecule has 1 unspecified atom stereocenters. The number of piperazine rings is 1. The van der Waals surface area contributed by atoms with Crippen LogP contribution < -0.4 is 5.32 Å². The predicted octanol–water partition coefficient (Wildman–Crippen LogP) is 7.13. The van der Waals surface area contributed by atoms with Gasteiger partial charge in [-0.15, -0.1) is 13.2 Å². The Morgan fingerprint density at radius 2 is 1.71 bits per heavy atom. The molecule has 1 aliphatic carbocycles. The van der Waals surface area contributed by atoms with E-state index in [1.54, 1.807) is 0 Å². The van der Waals surface area contributed by atoms with E-state index in [1.165, 1.54) is 61.9 Å². The van der Waals surface area contributed by atoms with Gasteiger partial charge in [0, 0.05) is 31.9 Å². The number of benzene rings is 1. The molecule has 0 bridgehead atoms. The van der Waals surface area contributed by atoms with Gasteiger partial charge in [-0.1, -0.05) is 74.4 Å². The highest BCUT2D eigenvalue weighted by molar-refractivity contribution is 5.34. The smallest absolute Gasteiger partial charge is 0.0599 e. The van der Waals surface area contributed by atoms with E-state index in [-0.39, 0.29) is 0 Å². The van der Waals surface area contributed by atoms with Crippen LogP contribution >= 0.6 is 0 Å². The van der Waals surface area contributed by atoms with Crippen LogP contribution in [0, 0.1) is 5.92 Å². The Labute approximate surface area is 210 Å². The second-order valence-corrected chi connectivity index (χ2v) is 9.50. The average molecular weight is 464 g/mol. The molecule has 1 heterocycles. The van der Waals surface area contributed by atoms with Gasteiger partial charge in [0.2, 0.25) is 0 Å². The first-order valence-electron chi connectivity index (χ1n) is 13.4. The molecule has 3 nitrogen and oxygen atoms in total. The standard InChI is InChI=1S/C29H45N3.C2H4/c1-4-13-27(5-2)29(28-17-10-7-11-18-28)32-22-20-31(21-23-32)25(3)14-12-19-30-24-26-15-8-6-9-16-26;1-2/h4-5,7,10-11,13,17-18,26,29-30H,3,6,8-9,12,14-16,19-24H2,1-2H3;1-2H2/b13-4-,27-5+;. The number of rotatable bonds is 11. The summed E-state index contributed by atoms with van der Waals surface area (Å²) in [5, 5.41) is 3.70. The van der Waals surface area contributed by atoms with E-state index in [2.05, 4.69) is 97.3 Å².